The van der Waals surface area contributed by atoms with Crippen LogP contribution in [0.5, 0.6) is 0 Å². The van der Waals surface area contributed by atoms with Gasteiger partial charge >= 0.3 is 0 Å². The first-order chi connectivity index (χ1) is 12.5. The highest BCUT2D eigenvalue weighted by atomic mass is 35.5. The molecule has 136 valence electrons. The molecule has 0 atom stereocenters. The summed E-state index contributed by atoms with van der Waals surface area (Å²) in [6, 6.07) is 11.4. The zero-order valence-corrected chi connectivity index (χ0v) is 15.5. The Labute approximate surface area is 161 Å². The lowest BCUT2D eigenvalue weighted by Crippen LogP contribution is -2.56. The summed E-state index contributed by atoms with van der Waals surface area (Å²) < 4.78 is 0. The third kappa shape index (κ3) is 2.82. The minimum Gasteiger partial charge on any atom is -0.394 e. The van der Waals surface area contributed by atoms with Crippen molar-refractivity contribution in [1.29, 1.82) is 0 Å². The van der Waals surface area contributed by atoms with E-state index in [2.05, 4.69) is 15.3 Å². The molecule has 0 radical (unpaired) electrons. The fourth-order valence-electron chi connectivity index (χ4n) is 4.22. The molecular weight excluding hydrogens is 375 g/mol. The van der Waals surface area contributed by atoms with Crippen molar-refractivity contribution in [2.24, 2.45) is 5.41 Å². The van der Waals surface area contributed by atoms with Gasteiger partial charge in [0.25, 0.3) is 0 Å². The minimum absolute atomic E-state index is 0.000761. The van der Waals surface area contributed by atoms with Gasteiger partial charge in [-0.05, 0) is 30.0 Å². The number of aliphatic hydroxyl groups excluding tert-OH is 1. The number of fused-ring (bicyclic) bond motifs is 1. The lowest BCUT2D eigenvalue weighted by molar-refractivity contribution is -0.135. The highest BCUT2D eigenvalue weighted by Crippen LogP contribution is 2.60. The molecule has 0 spiro atoms. The first-order valence-electron chi connectivity index (χ1n) is 8.37. The van der Waals surface area contributed by atoms with Crippen molar-refractivity contribution in [1.82, 2.24) is 15.3 Å². The number of carbonyl (C=O) groups is 1. The molecule has 3 heterocycles. The van der Waals surface area contributed by atoms with Gasteiger partial charge in [0.15, 0.2) is 0 Å². The predicted octanol–water partition coefficient (Wildman–Crippen LogP) is 2.43. The van der Waals surface area contributed by atoms with Crippen molar-refractivity contribution < 1.29 is 9.90 Å². The fourth-order valence-corrected chi connectivity index (χ4v) is 4.62. The molecule has 2 saturated heterocycles. The van der Waals surface area contributed by atoms with E-state index in [9.17, 15) is 9.90 Å². The number of benzene rings is 1. The van der Waals surface area contributed by atoms with E-state index in [-0.39, 0.29) is 23.0 Å². The highest BCUT2D eigenvalue weighted by Gasteiger charge is 2.68. The smallest absolute Gasteiger partial charge is 0.228 e. The topological polar surface area (TPSA) is 78.4 Å². The molecule has 6 nitrogen and oxygen atoms in total. The van der Waals surface area contributed by atoms with Crippen molar-refractivity contribution in [3.63, 3.8) is 0 Å². The van der Waals surface area contributed by atoms with Crippen molar-refractivity contribution in [2.75, 3.05) is 18.1 Å². The third-order valence-electron chi connectivity index (χ3n) is 5.37. The fraction of sp³-hybridized carbons (Fsp3) is 0.389. The number of amides is 1. The number of halogens is 2. The van der Waals surface area contributed by atoms with Crippen molar-refractivity contribution >= 4 is 34.9 Å². The third-order valence-corrected chi connectivity index (χ3v) is 5.73. The summed E-state index contributed by atoms with van der Waals surface area (Å²) in [5, 5.41) is 13.3. The minimum atomic E-state index is -0.526. The van der Waals surface area contributed by atoms with Gasteiger partial charge in [0.2, 0.25) is 11.2 Å². The van der Waals surface area contributed by atoms with Crippen LogP contribution in [-0.2, 0) is 11.3 Å². The van der Waals surface area contributed by atoms with E-state index in [1.54, 1.807) is 6.07 Å². The first-order valence-corrected chi connectivity index (χ1v) is 9.13. The average Bonchev–Trinajstić information content (AvgIpc) is 3.12. The van der Waals surface area contributed by atoms with Gasteiger partial charge < -0.3 is 15.3 Å². The molecule has 2 bridgehead atoms. The molecule has 2 aromatic rings. The van der Waals surface area contributed by atoms with Crippen molar-refractivity contribution in [3.05, 3.63) is 52.4 Å². The van der Waals surface area contributed by atoms with E-state index in [1.807, 2.05) is 35.2 Å². The molecule has 1 saturated carbocycles. The standard InChI is InChI=1S/C18H18Cl2N4O2/c19-13-6-14(23-16(20)22-13)24-10-17(8-18(24,9-17)11-25)15(26)21-7-12-4-2-1-3-5-12/h1-6,25H,7-11H2,(H,21,26). The van der Waals surface area contributed by atoms with Gasteiger partial charge in [0.05, 0.1) is 17.6 Å². The Balaban J connectivity index is 1.52. The Morgan fingerprint density at radius 1 is 1.23 bits per heavy atom. The van der Waals surface area contributed by atoms with Crippen LogP contribution in [0.3, 0.4) is 0 Å². The number of anilines is 1. The van der Waals surface area contributed by atoms with Gasteiger partial charge in [-0.2, -0.15) is 0 Å². The van der Waals surface area contributed by atoms with E-state index in [1.165, 1.54) is 0 Å². The largest absolute Gasteiger partial charge is 0.394 e. The zero-order valence-electron chi connectivity index (χ0n) is 14.0. The molecule has 3 fully saturated rings. The van der Waals surface area contributed by atoms with Crippen molar-refractivity contribution in [3.8, 4) is 0 Å². The molecule has 5 rings (SSSR count). The maximum Gasteiger partial charge on any atom is 0.228 e. The van der Waals surface area contributed by atoms with Crippen LogP contribution < -0.4 is 10.2 Å². The summed E-state index contributed by atoms with van der Waals surface area (Å²) in [7, 11) is 0. The summed E-state index contributed by atoms with van der Waals surface area (Å²) in [5.74, 6) is 0.540. The molecular formula is C18H18Cl2N4O2. The van der Waals surface area contributed by atoms with Gasteiger partial charge in [0, 0.05) is 19.2 Å². The lowest BCUT2D eigenvalue weighted by atomic mass is 9.61. The number of aliphatic hydroxyl groups is 1. The molecule has 1 aliphatic carbocycles. The van der Waals surface area contributed by atoms with Crippen LogP contribution in [0, 0.1) is 5.41 Å². The van der Waals surface area contributed by atoms with Crippen LogP contribution in [0.1, 0.15) is 18.4 Å². The molecule has 8 heteroatoms. The van der Waals surface area contributed by atoms with E-state index in [4.69, 9.17) is 23.2 Å². The SMILES string of the molecule is O=C(NCc1ccccc1)C12CN(c3cc(Cl)nc(Cl)n3)C(CO)(C1)C2. The molecule has 0 unspecified atom stereocenters. The molecule has 1 amide bonds. The number of carbonyl (C=O) groups excluding carboxylic acids is 1. The monoisotopic (exact) mass is 392 g/mol. The number of hydrogen-bond acceptors (Lipinski definition) is 5. The van der Waals surface area contributed by atoms with Gasteiger partial charge in [-0.15, -0.1) is 0 Å². The Kier molecular flexibility index (Phi) is 4.29. The van der Waals surface area contributed by atoms with Crippen LogP contribution >= 0.6 is 23.2 Å². The van der Waals surface area contributed by atoms with E-state index in [0.717, 1.165) is 5.56 Å². The Hall–Kier alpha value is -1.89. The molecule has 26 heavy (non-hydrogen) atoms. The number of nitrogens with zero attached hydrogens (tertiary/aromatic N) is 3. The van der Waals surface area contributed by atoms with Crippen LogP contribution in [0.4, 0.5) is 5.82 Å². The molecule has 1 aromatic heterocycles. The maximum absolute atomic E-state index is 12.8. The van der Waals surface area contributed by atoms with E-state index in [0.29, 0.717) is 31.7 Å². The first kappa shape index (κ1) is 17.5. The van der Waals surface area contributed by atoms with Crippen LogP contribution in [0.25, 0.3) is 0 Å². The second kappa shape index (κ2) is 6.37. The Morgan fingerprint density at radius 2 is 1.96 bits per heavy atom. The summed E-state index contributed by atoms with van der Waals surface area (Å²) in [6.07, 6.45) is 1.16. The molecule has 3 aliphatic rings. The number of hydrogen-bond donors (Lipinski definition) is 2. The second-order valence-electron chi connectivity index (χ2n) is 7.09. The number of aromatic nitrogens is 2. The summed E-state index contributed by atoms with van der Waals surface area (Å²) in [5.41, 5.74) is 0.0289. The Bertz CT molecular complexity index is 820. The van der Waals surface area contributed by atoms with E-state index < -0.39 is 11.0 Å². The summed E-state index contributed by atoms with van der Waals surface area (Å²) >= 11 is 11.9. The summed E-state index contributed by atoms with van der Waals surface area (Å²) in [6.45, 7) is 0.899. The van der Waals surface area contributed by atoms with Crippen LogP contribution in [-0.4, -0.2) is 39.7 Å². The van der Waals surface area contributed by atoms with Gasteiger partial charge in [-0.3, -0.25) is 4.79 Å². The van der Waals surface area contributed by atoms with Gasteiger partial charge in [0.1, 0.15) is 11.0 Å². The molecule has 2 N–H and O–H groups in total. The predicted molar refractivity (Wildman–Crippen MR) is 99.2 cm³/mol. The Morgan fingerprint density at radius 3 is 2.62 bits per heavy atom. The van der Waals surface area contributed by atoms with Crippen LogP contribution in [0.2, 0.25) is 10.4 Å². The highest BCUT2D eigenvalue weighted by molar-refractivity contribution is 6.32. The molecule has 1 aromatic carbocycles. The summed E-state index contributed by atoms with van der Waals surface area (Å²) in [4.78, 5) is 22.9. The number of nitrogens with one attached hydrogen (secondary N) is 1. The normalized spacial score (nSPS) is 26.5. The maximum atomic E-state index is 12.8. The average molecular weight is 393 g/mol. The number of rotatable bonds is 5. The van der Waals surface area contributed by atoms with Gasteiger partial charge in [-0.1, -0.05) is 41.9 Å². The van der Waals surface area contributed by atoms with E-state index >= 15 is 0 Å². The molecule has 2 aliphatic heterocycles. The van der Waals surface area contributed by atoms with Gasteiger partial charge in [-0.25, -0.2) is 9.97 Å². The van der Waals surface area contributed by atoms with Crippen molar-refractivity contribution in [2.45, 2.75) is 24.9 Å². The lowest BCUT2D eigenvalue weighted by Gasteiger charge is -2.45. The van der Waals surface area contributed by atoms with Crippen LogP contribution in [0.15, 0.2) is 36.4 Å². The zero-order chi connectivity index (χ0) is 18.4. The quantitative estimate of drug-likeness (QED) is 0.603. The second-order valence-corrected chi connectivity index (χ2v) is 7.81.